The minimum Gasteiger partial charge on any atom is -0.497 e. The Kier molecular flexibility index (Phi) is 12.7. The number of allylic oxidation sites excluding steroid dienone is 1. The molecule has 5 aliphatic rings. The molecular formula is C47H70N2O10. The van der Waals surface area contributed by atoms with Crippen molar-refractivity contribution in [2.24, 2.45) is 62.4 Å². The molecule has 0 spiro atoms. The lowest BCUT2D eigenvalue weighted by Gasteiger charge is -2.71. The first-order valence-corrected chi connectivity index (χ1v) is 21.9. The van der Waals surface area contributed by atoms with Crippen molar-refractivity contribution >= 4 is 23.8 Å². The SMILES string of the molecule is COc1cc(OC)cc(C(=O)NCCCCC(N)C(=O)O[C@H]2[C@H](OC(C)=O)C[C@@]34COC[C@@]2(C)[C@@H]3CC[C@H]2C4=CC[C@@]3(C)[C@H](C(=O)O)[C@@](C)([C@H](C)C(C)C)CC[C@]23C)c1. The second-order valence-corrected chi connectivity index (χ2v) is 20.0. The molecule has 1 unspecified atom stereocenters. The number of hydrogen-bond acceptors (Lipinski definition) is 10. The number of carbonyl (C=O) groups excluding carboxylic acids is 3. The second-order valence-electron chi connectivity index (χ2n) is 20.0. The Morgan fingerprint density at radius 2 is 1.61 bits per heavy atom. The average molecular weight is 823 g/mol. The van der Waals surface area contributed by atoms with E-state index in [9.17, 15) is 24.3 Å². The second kappa shape index (κ2) is 16.7. The van der Waals surface area contributed by atoms with Crippen LogP contribution in [0.4, 0.5) is 0 Å². The summed E-state index contributed by atoms with van der Waals surface area (Å²) in [6.45, 7) is 18.2. The molecule has 328 valence electrons. The molecule has 1 amide bonds. The Balaban J connectivity index is 1.18. The molecule has 1 saturated heterocycles. The monoisotopic (exact) mass is 823 g/mol. The van der Waals surface area contributed by atoms with E-state index in [1.165, 1.54) is 26.7 Å². The summed E-state index contributed by atoms with van der Waals surface area (Å²) in [5.41, 5.74) is 6.03. The van der Waals surface area contributed by atoms with E-state index in [0.717, 1.165) is 25.7 Å². The van der Waals surface area contributed by atoms with Crippen LogP contribution >= 0.6 is 0 Å². The van der Waals surface area contributed by atoms with E-state index in [2.05, 4.69) is 59.9 Å². The highest BCUT2D eigenvalue weighted by molar-refractivity contribution is 5.95. The van der Waals surface area contributed by atoms with E-state index >= 15 is 0 Å². The quantitative estimate of drug-likeness (QED) is 0.0972. The highest BCUT2D eigenvalue weighted by Gasteiger charge is 2.72. The molecule has 1 aromatic carbocycles. The summed E-state index contributed by atoms with van der Waals surface area (Å²) in [6.07, 6.45) is 7.11. The summed E-state index contributed by atoms with van der Waals surface area (Å²) >= 11 is 0. The van der Waals surface area contributed by atoms with Crippen LogP contribution in [0.2, 0.25) is 0 Å². The highest BCUT2D eigenvalue weighted by Crippen LogP contribution is 2.75. The van der Waals surface area contributed by atoms with Crippen LogP contribution in [-0.2, 0) is 28.6 Å². The van der Waals surface area contributed by atoms with E-state index < -0.39 is 58.3 Å². The predicted molar refractivity (Wildman–Crippen MR) is 223 cm³/mol. The van der Waals surface area contributed by atoms with Gasteiger partial charge < -0.3 is 39.8 Å². The number of esters is 2. The Hall–Kier alpha value is -3.64. The highest BCUT2D eigenvalue weighted by atomic mass is 16.6. The molecule has 1 heterocycles. The van der Waals surface area contributed by atoms with Crippen molar-refractivity contribution in [3.63, 3.8) is 0 Å². The summed E-state index contributed by atoms with van der Waals surface area (Å²) in [5.74, 6) is -0.551. The molecule has 1 aromatic rings. The van der Waals surface area contributed by atoms with Crippen LogP contribution in [0.25, 0.3) is 0 Å². The maximum atomic E-state index is 13.8. The van der Waals surface area contributed by atoms with Gasteiger partial charge >= 0.3 is 17.9 Å². The van der Waals surface area contributed by atoms with E-state index in [0.29, 0.717) is 74.8 Å². The number of nitrogens with one attached hydrogen (secondary N) is 1. The van der Waals surface area contributed by atoms with Gasteiger partial charge in [-0.2, -0.15) is 0 Å². The number of carboxylic acids is 1. The van der Waals surface area contributed by atoms with Crippen molar-refractivity contribution in [3.8, 4) is 11.5 Å². The molecule has 4 aliphatic carbocycles. The average Bonchev–Trinajstić information content (AvgIpc) is 3.18. The first-order valence-electron chi connectivity index (χ1n) is 21.9. The molecule has 0 radical (unpaired) electrons. The number of carboxylic acid groups (broad SMARTS) is 1. The molecule has 6 rings (SSSR count). The van der Waals surface area contributed by atoms with Gasteiger partial charge in [0.2, 0.25) is 0 Å². The summed E-state index contributed by atoms with van der Waals surface area (Å²) in [6, 6.07) is 4.08. The van der Waals surface area contributed by atoms with Crippen molar-refractivity contribution in [2.45, 2.75) is 131 Å². The van der Waals surface area contributed by atoms with Gasteiger partial charge in [0.05, 0.1) is 33.4 Å². The third-order valence-corrected chi connectivity index (χ3v) is 16.8. The fraction of sp³-hybridized carbons (Fsp3) is 0.745. The minimum atomic E-state index is -0.905. The van der Waals surface area contributed by atoms with E-state index in [-0.39, 0.29) is 34.5 Å². The number of carbonyl (C=O) groups is 4. The zero-order valence-electron chi connectivity index (χ0n) is 37.1. The van der Waals surface area contributed by atoms with Gasteiger partial charge in [-0.25, -0.2) is 0 Å². The standard InChI is InChI=1S/C47H70N2O10/c1-27(2)28(3)43(5)18-19-45(7)33-14-15-37-44(6)25-57-26-47(37,34(33)16-17-46(45,8)38(43)41(52)53)24-36(58-29(4)50)39(44)59-42(54)35(48)13-11-12-20-49-40(51)30-21-31(55-9)23-32(22-30)56-10/h16,21-23,27-28,33,35-39H,11-15,17-20,24-26,48H2,1-10H3,(H,49,51)(H,52,53)/t28-,33+,35?,36-,37+,38-,39+,43-,44+,45-,46+,47+/m1/s1. The third kappa shape index (κ3) is 7.56. The molecule has 4 N–H and O–H groups in total. The molecule has 1 aliphatic heterocycles. The number of methoxy groups -OCH3 is 2. The van der Waals surface area contributed by atoms with Gasteiger partial charge in [-0.3, -0.25) is 19.2 Å². The van der Waals surface area contributed by atoms with E-state index in [4.69, 9.17) is 29.4 Å². The van der Waals surface area contributed by atoms with Crippen LogP contribution in [0.1, 0.15) is 124 Å². The fourth-order valence-electron chi connectivity index (χ4n) is 13.2. The lowest BCUT2D eigenvalue weighted by Crippen LogP contribution is -2.70. The van der Waals surface area contributed by atoms with Crippen molar-refractivity contribution in [1.29, 1.82) is 0 Å². The first-order chi connectivity index (χ1) is 27.7. The van der Waals surface area contributed by atoms with Crippen molar-refractivity contribution in [1.82, 2.24) is 5.32 Å². The van der Waals surface area contributed by atoms with E-state index in [1.54, 1.807) is 18.2 Å². The normalized spacial score (nSPS) is 37.0. The summed E-state index contributed by atoms with van der Waals surface area (Å²) < 4.78 is 29.6. The predicted octanol–water partition coefficient (Wildman–Crippen LogP) is 7.36. The van der Waals surface area contributed by atoms with Gasteiger partial charge in [0.1, 0.15) is 29.7 Å². The lowest BCUT2D eigenvalue weighted by molar-refractivity contribution is -0.263. The molecule has 12 atom stereocenters. The Morgan fingerprint density at radius 1 is 0.932 bits per heavy atom. The number of fused-ring (bicyclic) bond motifs is 3. The number of nitrogens with two attached hydrogens (primary N) is 1. The van der Waals surface area contributed by atoms with Crippen LogP contribution in [-0.4, -0.2) is 81.1 Å². The van der Waals surface area contributed by atoms with Gasteiger partial charge in [0.15, 0.2) is 0 Å². The summed E-state index contributed by atoms with van der Waals surface area (Å²) in [5, 5.41) is 13.9. The van der Waals surface area contributed by atoms with Crippen molar-refractivity contribution in [2.75, 3.05) is 34.0 Å². The third-order valence-electron chi connectivity index (χ3n) is 16.8. The van der Waals surface area contributed by atoms with Crippen LogP contribution < -0.4 is 20.5 Å². The molecule has 12 nitrogen and oxygen atoms in total. The molecule has 0 aromatic heterocycles. The van der Waals surface area contributed by atoms with Gasteiger partial charge in [-0.15, -0.1) is 0 Å². The molecule has 4 fully saturated rings. The zero-order chi connectivity index (χ0) is 43.3. The van der Waals surface area contributed by atoms with Gasteiger partial charge in [0, 0.05) is 35.9 Å². The molecular weight excluding hydrogens is 753 g/mol. The molecule has 12 heteroatoms. The number of benzene rings is 1. The maximum absolute atomic E-state index is 13.8. The van der Waals surface area contributed by atoms with Gasteiger partial charge in [-0.05, 0) is 110 Å². The van der Waals surface area contributed by atoms with Crippen LogP contribution in [0.3, 0.4) is 0 Å². The van der Waals surface area contributed by atoms with E-state index in [1.807, 2.05) is 0 Å². The molecule has 2 bridgehead atoms. The number of ether oxygens (including phenoxy) is 5. The molecule has 3 saturated carbocycles. The first kappa shape index (κ1) is 44.9. The summed E-state index contributed by atoms with van der Waals surface area (Å²) in [7, 11) is 3.05. The number of rotatable bonds is 14. The Labute approximate surface area is 351 Å². The van der Waals surface area contributed by atoms with Gasteiger partial charge in [-0.1, -0.05) is 60.1 Å². The van der Waals surface area contributed by atoms with Crippen molar-refractivity contribution < 1.29 is 48.0 Å². The summed E-state index contributed by atoms with van der Waals surface area (Å²) in [4.78, 5) is 52.8. The largest absolute Gasteiger partial charge is 0.497 e. The van der Waals surface area contributed by atoms with Crippen molar-refractivity contribution in [3.05, 3.63) is 35.4 Å². The number of hydrogen-bond donors (Lipinski definition) is 3. The van der Waals surface area contributed by atoms with Crippen LogP contribution in [0, 0.1) is 56.7 Å². The molecule has 59 heavy (non-hydrogen) atoms. The van der Waals surface area contributed by atoms with Crippen LogP contribution in [0.5, 0.6) is 11.5 Å². The number of aliphatic carboxylic acids is 1. The Morgan fingerprint density at radius 3 is 2.22 bits per heavy atom. The smallest absolute Gasteiger partial charge is 0.323 e. The van der Waals surface area contributed by atoms with Gasteiger partial charge in [0.25, 0.3) is 5.91 Å². The lowest BCUT2D eigenvalue weighted by atomic mass is 9.34. The maximum Gasteiger partial charge on any atom is 0.323 e. The zero-order valence-corrected chi connectivity index (χ0v) is 37.1. The fourth-order valence-corrected chi connectivity index (χ4v) is 13.2. The minimum absolute atomic E-state index is 0.0956. The Bertz CT molecular complexity index is 1790. The number of amides is 1. The number of unbranched alkanes of at least 4 members (excludes halogenated alkanes) is 1. The van der Waals surface area contributed by atoms with Crippen LogP contribution in [0.15, 0.2) is 29.8 Å². The topological polar surface area (TPSA) is 173 Å².